The van der Waals surface area contributed by atoms with Gasteiger partial charge in [-0.15, -0.1) is 20.4 Å². The lowest BCUT2D eigenvalue weighted by atomic mass is 10.1. The van der Waals surface area contributed by atoms with Crippen molar-refractivity contribution in [1.29, 1.82) is 0 Å². The van der Waals surface area contributed by atoms with Crippen molar-refractivity contribution in [2.24, 2.45) is 0 Å². The number of alkyl halides is 6. The molecule has 0 aliphatic carbocycles. The molecule has 6 aromatic heterocycles. The highest BCUT2D eigenvalue weighted by molar-refractivity contribution is 5.98. The zero-order chi connectivity index (χ0) is 45.1. The lowest BCUT2D eigenvalue weighted by Crippen LogP contribution is -2.36. The molecule has 2 N–H and O–H groups in total. The third-order valence-corrected chi connectivity index (χ3v) is 9.94. The van der Waals surface area contributed by atoms with Crippen molar-refractivity contribution in [3.8, 4) is 22.8 Å². The minimum Gasteiger partial charge on any atom is -0.444 e. The van der Waals surface area contributed by atoms with Crippen LogP contribution < -0.4 is 10.6 Å². The number of hydrogen-bond acceptors (Lipinski definition) is 13. The number of pyridine rings is 4. The van der Waals surface area contributed by atoms with Gasteiger partial charge in [0.15, 0.2) is 11.6 Å². The summed E-state index contributed by atoms with van der Waals surface area (Å²) in [6.07, 6.45) is -1.85. The van der Waals surface area contributed by atoms with Gasteiger partial charge in [0.25, 0.3) is 0 Å². The molecule has 0 unspecified atom stereocenters. The number of likely N-dealkylation sites (tertiary alicyclic amines) is 2. The van der Waals surface area contributed by atoms with Crippen molar-refractivity contribution in [3.63, 3.8) is 0 Å². The summed E-state index contributed by atoms with van der Waals surface area (Å²) in [5.74, 6) is 0.744. The van der Waals surface area contributed by atoms with Gasteiger partial charge >= 0.3 is 18.4 Å². The van der Waals surface area contributed by atoms with Crippen molar-refractivity contribution < 1.29 is 40.7 Å². The second kappa shape index (κ2) is 17.7. The van der Waals surface area contributed by atoms with Gasteiger partial charge in [-0.1, -0.05) is 6.58 Å². The van der Waals surface area contributed by atoms with Crippen LogP contribution >= 0.6 is 0 Å². The quantitative estimate of drug-likeness (QED) is 0.117. The Morgan fingerprint density at radius 1 is 0.683 bits per heavy atom. The minimum absolute atomic E-state index is 0.0246. The van der Waals surface area contributed by atoms with Crippen molar-refractivity contribution in [2.75, 3.05) is 36.8 Å². The van der Waals surface area contributed by atoms with Crippen LogP contribution in [-0.2, 0) is 21.9 Å². The molecular weight excluding hydrogens is 835 g/mol. The van der Waals surface area contributed by atoms with Crippen LogP contribution in [-0.4, -0.2) is 106 Å². The Hall–Kier alpha value is -7.06. The fourth-order valence-corrected chi connectivity index (χ4v) is 6.91. The fourth-order valence-electron chi connectivity index (χ4n) is 6.91. The minimum atomic E-state index is -4.47. The molecule has 8 rings (SSSR count). The van der Waals surface area contributed by atoms with E-state index in [9.17, 15) is 35.9 Å². The number of carbonyl (C=O) groups excluding carboxylic acids is 2. The maximum Gasteiger partial charge on any atom is 0.417 e. The summed E-state index contributed by atoms with van der Waals surface area (Å²) in [7, 11) is 0. The summed E-state index contributed by atoms with van der Waals surface area (Å²) in [6.45, 7) is 11.0. The Kier molecular flexibility index (Phi) is 12.4. The van der Waals surface area contributed by atoms with Crippen molar-refractivity contribution >= 4 is 45.4 Å². The van der Waals surface area contributed by atoms with E-state index in [1.165, 1.54) is 18.2 Å². The SMILES string of the molecule is C=CC(=O)N1CC[C@H](Nc2nnc(-c3ccc(C(F)(F)F)cn3)c3cccnc23)C1.CC(C)(C)OC(=O)N1CC[C@H](Nc2nnc(-c3ccc(C(F)(F)F)cn3)c3cccnc23)C1. The van der Waals surface area contributed by atoms with Crippen molar-refractivity contribution in [1.82, 2.24) is 50.1 Å². The van der Waals surface area contributed by atoms with Crippen LogP contribution in [0.4, 0.5) is 42.8 Å². The van der Waals surface area contributed by atoms with E-state index in [1.807, 2.05) is 20.8 Å². The molecule has 2 aliphatic rings. The monoisotopic (exact) mass is 874 g/mol. The zero-order valence-corrected chi connectivity index (χ0v) is 34.1. The molecular formula is C42H40F6N12O3. The molecule has 6 aromatic rings. The third kappa shape index (κ3) is 10.4. The van der Waals surface area contributed by atoms with Gasteiger partial charge in [-0.2, -0.15) is 26.3 Å². The number of ether oxygens (including phenoxy) is 1. The molecule has 0 radical (unpaired) electrons. The number of nitrogens with zero attached hydrogens (tertiary/aromatic N) is 10. The predicted octanol–water partition coefficient (Wildman–Crippen LogP) is 7.83. The normalized spacial score (nSPS) is 16.7. The zero-order valence-electron chi connectivity index (χ0n) is 34.1. The highest BCUT2D eigenvalue weighted by Crippen LogP contribution is 2.34. The van der Waals surface area contributed by atoms with Crippen LogP contribution in [0.3, 0.4) is 0 Å². The number of halogens is 6. The average Bonchev–Trinajstić information content (AvgIpc) is 3.93. The largest absolute Gasteiger partial charge is 0.444 e. The van der Waals surface area contributed by atoms with Crippen LogP contribution in [0.1, 0.15) is 44.7 Å². The first kappa shape index (κ1) is 44.0. The van der Waals surface area contributed by atoms with Gasteiger partial charge in [0.05, 0.1) is 22.5 Å². The molecule has 0 saturated carbocycles. The molecule has 8 heterocycles. The molecule has 15 nitrogen and oxygen atoms in total. The van der Waals surface area contributed by atoms with Gasteiger partial charge in [-0.3, -0.25) is 24.7 Å². The third-order valence-electron chi connectivity index (χ3n) is 9.94. The number of nitrogens with one attached hydrogen (secondary N) is 2. The standard InChI is InChI=1S/C22H23F3N6O2.C20H17F3N6O/c1-21(2,3)33-20(32)31-10-8-14(12-31)28-19-18-15(5-4-9-26-18)17(29-30-19)16-7-6-13(11-27-16)22(23,24)25;1-2-16(30)29-9-7-13(11-29)26-19-18-14(4-3-8-24-18)17(27-28-19)15-6-5-12(10-25-15)20(21,22)23/h4-7,9,11,14H,8,10,12H2,1-3H3,(H,28,30);2-6,8,10,13H,1,7,9,11H2,(H,26,28)/t14-;13-/m00/s1. The van der Waals surface area contributed by atoms with E-state index >= 15 is 0 Å². The Morgan fingerprint density at radius 2 is 1.14 bits per heavy atom. The number of hydrogen-bond donors (Lipinski definition) is 2. The predicted molar refractivity (Wildman–Crippen MR) is 220 cm³/mol. The summed E-state index contributed by atoms with van der Waals surface area (Å²) in [6, 6.07) is 11.3. The molecule has 0 spiro atoms. The van der Waals surface area contributed by atoms with E-state index in [-0.39, 0.29) is 35.5 Å². The fraction of sp³-hybridized carbons (Fsp3) is 0.333. The lowest BCUT2D eigenvalue weighted by Gasteiger charge is -2.24. The molecule has 2 amide bonds. The molecule has 0 bridgehead atoms. The van der Waals surface area contributed by atoms with E-state index in [0.29, 0.717) is 77.4 Å². The highest BCUT2D eigenvalue weighted by atomic mass is 19.4. The van der Waals surface area contributed by atoms with Crippen LogP contribution in [0.5, 0.6) is 0 Å². The van der Waals surface area contributed by atoms with E-state index in [1.54, 1.807) is 46.5 Å². The van der Waals surface area contributed by atoms with Gasteiger partial charge in [-0.05, 0) is 88.2 Å². The summed E-state index contributed by atoms with van der Waals surface area (Å²) >= 11 is 0. The summed E-state index contributed by atoms with van der Waals surface area (Å²) in [5, 5.41) is 24.6. The molecule has 21 heteroatoms. The van der Waals surface area contributed by atoms with Gasteiger partial charge in [0.2, 0.25) is 5.91 Å². The molecule has 0 aromatic carbocycles. The Bertz CT molecular complexity index is 2620. The summed E-state index contributed by atoms with van der Waals surface area (Å²) < 4.78 is 82.4. The maximum atomic E-state index is 12.9. The first-order chi connectivity index (χ1) is 29.9. The molecule has 2 aliphatic heterocycles. The van der Waals surface area contributed by atoms with Crippen LogP contribution in [0.2, 0.25) is 0 Å². The smallest absolute Gasteiger partial charge is 0.417 e. The molecule has 2 atom stereocenters. The lowest BCUT2D eigenvalue weighted by molar-refractivity contribution is -0.138. The van der Waals surface area contributed by atoms with Crippen LogP contribution in [0.15, 0.2) is 86.0 Å². The number of fused-ring (bicyclic) bond motifs is 2. The maximum absolute atomic E-state index is 12.9. The van der Waals surface area contributed by atoms with E-state index < -0.39 is 29.1 Å². The number of carbonyl (C=O) groups is 2. The second-order valence-electron chi connectivity index (χ2n) is 15.6. The molecule has 63 heavy (non-hydrogen) atoms. The van der Waals surface area contributed by atoms with Gasteiger partial charge in [0.1, 0.15) is 28.0 Å². The molecule has 328 valence electrons. The number of anilines is 2. The van der Waals surface area contributed by atoms with Gasteiger partial charge in [0, 0.05) is 73.8 Å². The molecule has 2 fully saturated rings. The number of rotatable bonds is 7. The second-order valence-corrected chi connectivity index (χ2v) is 15.6. The first-order valence-electron chi connectivity index (χ1n) is 19.6. The van der Waals surface area contributed by atoms with E-state index in [2.05, 4.69) is 57.5 Å². The highest BCUT2D eigenvalue weighted by Gasteiger charge is 2.33. The van der Waals surface area contributed by atoms with Crippen molar-refractivity contribution in [3.05, 3.63) is 97.1 Å². The van der Waals surface area contributed by atoms with Gasteiger partial charge in [-0.25, -0.2) is 4.79 Å². The first-order valence-corrected chi connectivity index (χ1v) is 19.6. The Morgan fingerprint density at radius 3 is 1.56 bits per heavy atom. The summed E-state index contributed by atoms with van der Waals surface area (Å²) in [4.78, 5) is 44.0. The Balaban J connectivity index is 0.000000190. The van der Waals surface area contributed by atoms with Crippen molar-refractivity contribution in [2.45, 2.75) is 63.7 Å². The Labute approximate surface area is 356 Å². The van der Waals surface area contributed by atoms with E-state index in [4.69, 9.17) is 4.74 Å². The van der Waals surface area contributed by atoms with E-state index in [0.717, 1.165) is 30.9 Å². The average molecular weight is 875 g/mol. The number of amides is 2. The van der Waals surface area contributed by atoms with Crippen LogP contribution in [0, 0.1) is 0 Å². The summed E-state index contributed by atoms with van der Waals surface area (Å²) in [5.41, 5.74) is -0.00340. The topological polar surface area (TPSA) is 177 Å². The van der Waals surface area contributed by atoms with Gasteiger partial charge < -0.3 is 25.2 Å². The number of aromatic nitrogens is 8. The van der Waals surface area contributed by atoms with Crippen LogP contribution in [0.25, 0.3) is 44.6 Å². The molecule has 2 saturated heterocycles.